The number of carbonyl (C=O) groups excluding carboxylic acids is 1. The maximum atomic E-state index is 10.4. The summed E-state index contributed by atoms with van der Waals surface area (Å²) in [6, 6.07) is 1.36. The fourth-order valence-electron chi connectivity index (χ4n) is 0.933. The number of rotatable bonds is 2. The first-order valence-electron chi connectivity index (χ1n) is 3.75. The van der Waals surface area contributed by atoms with Gasteiger partial charge in [-0.1, -0.05) is 0 Å². The fourth-order valence-corrected chi connectivity index (χ4v) is 1.81. The number of amides is 2. The lowest BCUT2D eigenvalue weighted by atomic mass is 10.2. The van der Waals surface area contributed by atoms with Gasteiger partial charge in [-0.25, -0.2) is 10.2 Å². The molecule has 0 saturated carbocycles. The van der Waals surface area contributed by atoms with Crippen LogP contribution in [0.1, 0.15) is 17.4 Å². The molecule has 5 heteroatoms. The molecule has 1 aromatic rings. The molecule has 3 N–H and O–H groups in total. The second kappa shape index (κ2) is 4.04. The predicted octanol–water partition coefficient (Wildman–Crippen LogP) is 1.45. The Labute approximate surface area is 80.4 Å². The van der Waals surface area contributed by atoms with Crippen molar-refractivity contribution in [3.8, 4) is 0 Å². The normalized spacial score (nSPS) is 11.4. The monoisotopic (exact) mass is 197 g/mol. The summed E-state index contributed by atoms with van der Waals surface area (Å²) in [6.45, 7) is 3.82. The zero-order valence-corrected chi connectivity index (χ0v) is 8.31. The number of hydrogen-bond donors (Lipinski definition) is 2. The molecule has 0 aliphatic heterocycles. The van der Waals surface area contributed by atoms with Gasteiger partial charge in [0.05, 0.1) is 10.6 Å². The van der Waals surface area contributed by atoms with Gasteiger partial charge >= 0.3 is 6.03 Å². The summed E-state index contributed by atoms with van der Waals surface area (Å²) in [5.41, 5.74) is 8.99. The van der Waals surface area contributed by atoms with Gasteiger partial charge < -0.3 is 5.73 Å². The predicted molar refractivity (Wildman–Crippen MR) is 54.0 cm³/mol. The van der Waals surface area contributed by atoms with Crippen molar-refractivity contribution < 1.29 is 4.79 Å². The molecule has 0 aliphatic carbocycles. The van der Waals surface area contributed by atoms with Gasteiger partial charge in [-0.05, 0) is 30.9 Å². The Morgan fingerprint density at radius 1 is 1.69 bits per heavy atom. The topological polar surface area (TPSA) is 67.5 Å². The third-order valence-corrected chi connectivity index (χ3v) is 2.65. The first kappa shape index (κ1) is 9.73. The Bertz CT molecular complexity index is 343. The van der Waals surface area contributed by atoms with Gasteiger partial charge in [-0.15, -0.1) is 11.3 Å². The number of nitrogens with two attached hydrogens (primary N) is 1. The lowest BCUT2D eigenvalue weighted by molar-refractivity contribution is 0.249. The molecule has 0 aromatic carbocycles. The van der Waals surface area contributed by atoms with E-state index in [1.54, 1.807) is 11.3 Å². The van der Waals surface area contributed by atoms with Crippen molar-refractivity contribution >= 4 is 23.1 Å². The van der Waals surface area contributed by atoms with Gasteiger partial charge in [-0.2, -0.15) is 5.10 Å². The molecule has 0 bridgehead atoms. The second-order valence-corrected chi connectivity index (χ2v) is 3.52. The van der Waals surface area contributed by atoms with Gasteiger partial charge in [-0.3, -0.25) is 0 Å². The summed E-state index contributed by atoms with van der Waals surface area (Å²) in [5, 5.41) is 5.81. The van der Waals surface area contributed by atoms with Crippen LogP contribution in [0.4, 0.5) is 4.79 Å². The quantitative estimate of drug-likeness (QED) is 0.547. The maximum absolute atomic E-state index is 10.4. The Morgan fingerprint density at radius 2 is 2.38 bits per heavy atom. The highest BCUT2D eigenvalue weighted by Gasteiger charge is 2.02. The summed E-state index contributed by atoms with van der Waals surface area (Å²) in [5.74, 6) is 0. The highest BCUT2D eigenvalue weighted by atomic mass is 32.1. The van der Waals surface area contributed by atoms with Crippen molar-refractivity contribution in [2.75, 3.05) is 0 Å². The van der Waals surface area contributed by atoms with Gasteiger partial charge in [0.2, 0.25) is 0 Å². The van der Waals surface area contributed by atoms with Crippen LogP contribution in [0.3, 0.4) is 0 Å². The summed E-state index contributed by atoms with van der Waals surface area (Å²) in [6.07, 6.45) is 0. The number of primary amides is 1. The molecule has 1 aromatic heterocycles. The molecule has 2 amide bonds. The van der Waals surface area contributed by atoms with E-state index in [1.807, 2.05) is 25.3 Å². The molecule has 0 saturated heterocycles. The maximum Gasteiger partial charge on any atom is 0.332 e. The van der Waals surface area contributed by atoms with Gasteiger partial charge in [0, 0.05) is 0 Å². The van der Waals surface area contributed by atoms with Crippen LogP contribution in [0.5, 0.6) is 0 Å². The molecule has 0 unspecified atom stereocenters. The van der Waals surface area contributed by atoms with Crippen LogP contribution in [0.15, 0.2) is 16.5 Å². The van der Waals surface area contributed by atoms with E-state index in [-0.39, 0.29) is 0 Å². The number of thiophene rings is 1. The summed E-state index contributed by atoms with van der Waals surface area (Å²) >= 11 is 1.59. The van der Waals surface area contributed by atoms with Crippen LogP contribution in [-0.2, 0) is 0 Å². The van der Waals surface area contributed by atoms with Crippen LogP contribution in [0.25, 0.3) is 0 Å². The average molecular weight is 197 g/mol. The fraction of sp³-hybridized carbons (Fsp3) is 0.250. The molecule has 4 nitrogen and oxygen atoms in total. The molecular weight excluding hydrogens is 186 g/mol. The Kier molecular flexibility index (Phi) is 3.02. The Balaban J connectivity index is 2.78. The zero-order chi connectivity index (χ0) is 9.84. The smallest absolute Gasteiger partial charge is 0.332 e. The van der Waals surface area contributed by atoms with E-state index in [0.717, 1.165) is 16.2 Å². The van der Waals surface area contributed by atoms with Crippen LogP contribution in [0.2, 0.25) is 0 Å². The number of carbonyl (C=O) groups is 1. The van der Waals surface area contributed by atoms with Gasteiger partial charge in [0.25, 0.3) is 0 Å². The van der Waals surface area contributed by atoms with Crippen molar-refractivity contribution in [3.63, 3.8) is 0 Å². The Morgan fingerprint density at radius 3 is 2.85 bits per heavy atom. The first-order chi connectivity index (χ1) is 6.11. The van der Waals surface area contributed by atoms with Crippen molar-refractivity contribution in [1.82, 2.24) is 5.43 Å². The summed E-state index contributed by atoms with van der Waals surface area (Å²) < 4.78 is 0. The summed E-state index contributed by atoms with van der Waals surface area (Å²) in [4.78, 5) is 11.4. The van der Waals surface area contributed by atoms with Gasteiger partial charge in [0.1, 0.15) is 0 Å². The largest absolute Gasteiger partial charge is 0.350 e. The molecule has 1 heterocycles. The van der Waals surface area contributed by atoms with Crippen LogP contribution >= 0.6 is 11.3 Å². The van der Waals surface area contributed by atoms with Crippen LogP contribution in [0, 0.1) is 6.92 Å². The van der Waals surface area contributed by atoms with E-state index in [0.29, 0.717) is 0 Å². The lowest BCUT2D eigenvalue weighted by Crippen LogP contribution is -2.25. The lowest BCUT2D eigenvalue weighted by Gasteiger charge is -1.98. The van der Waals surface area contributed by atoms with Gasteiger partial charge in [0.15, 0.2) is 0 Å². The van der Waals surface area contributed by atoms with Crippen molar-refractivity contribution in [2.45, 2.75) is 13.8 Å². The average Bonchev–Trinajstić information content (AvgIpc) is 2.47. The number of urea groups is 1. The number of aryl methyl sites for hydroxylation is 1. The third kappa shape index (κ3) is 2.55. The molecule has 0 fully saturated rings. The van der Waals surface area contributed by atoms with Crippen LogP contribution < -0.4 is 11.2 Å². The first-order valence-corrected chi connectivity index (χ1v) is 4.63. The minimum Gasteiger partial charge on any atom is -0.350 e. The zero-order valence-electron chi connectivity index (χ0n) is 7.50. The van der Waals surface area contributed by atoms with Crippen molar-refractivity contribution in [1.29, 1.82) is 0 Å². The molecule has 13 heavy (non-hydrogen) atoms. The number of hydrazone groups is 1. The van der Waals surface area contributed by atoms with E-state index >= 15 is 0 Å². The van der Waals surface area contributed by atoms with E-state index < -0.39 is 6.03 Å². The summed E-state index contributed by atoms with van der Waals surface area (Å²) in [7, 11) is 0. The van der Waals surface area contributed by atoms with Crippen LogP contribution in [-0.4, -0.2) is 11.7 Å². The van der Waals surface area contributed by atoms with E-state index in [9.17, 15) is 4.79 Å². The van der Waals surface area contributed by atoms with E-state index in [4.69, 9.17) is 5.73 Å². The molecule has 0 atom stereocenters. The minimum absolute atomic E-state index is 0.645. The van der Waals surface area contributed by atoms with Crippen molar-refractivity contribution in [2.24, 2.45) is 10.8 Å². The highest BCUT2D eigenvalue weighted by molar-refractivity contribution is 7.12. The van der Waals surface area contributed by atoms with E-state index in [1.165, 1.54) is 0 Å². The molecule has 70 valence electrons. The second-order valence-electron chi connectivity index (χ2n) is 2.61. The SMILES string of the molecule is CC(=NNC(N)=O)c1sccc1C. The standard InChI is InChI=1S/C8H11N3OS/c1-5-3-4-13-7(5)6(2)10-11-8(9)12/h3-4H,1-2H3,(H3,9,11,12). The number of nitrogens with zero attached hydrogens (tertiary/aromatic N) is 1. The van der Waals surface area contributed by atoms with Crippen molar-refractivity contribution in [3.05, 3.63) is 21.9 Å². The third-order valence-electron chi connectivity index (χ3n) is 1.52. The highest BCUT2D eigenvalue weighted by Crippen LogP contribution is 2.15. The Hall–Kier alpha value is -1.36. The molecular formula is C8H11N3OS. The molecule has 0 aliphatic rings. The molecule has 1 rings (SSSR count). The minimum atomic E-state index is -0.645. The molecule has 0 radical (unpaired) electrons. The van der Waals surface area contributed by atoms with E-state index in [2.05, 4.69) is 10.5 Å². The number of nitrogens with one attached hydrogen (secondary N) is 1. The molecule has 0 spiro atoms. The number of hydrogen-bond acceptors (Lipinski definition) is 3.